The van der Waals surface area contributed by atoms with E-state index in [0.29, 0.717) is 19.6 Å². The molecule has 0 aromatic heterocycles. The summed E-state index contributed by atoms with van der Waals surface area (Å²) in [7, 11) is 0. The molecule has 0 aliphatic carbocycles. The highest BCUT2D eigenvalue weighted by atomic mass is 16.6. The normalized spacial score (nSPS) is 15.2. The Balaban J connectivity index is 2.25. The second-order valence-corrected chi connectivity index (χ2v) is 3.53. The van der Waals surface area contributed by atoms with E-state index in [4.69, 9.17) is 21.7 Å². The van der Waals surface area contributed by atoms with Crippen LogP contribution in [0.15, 0.2) is 18.2 Å². The smallest absolute Gasteiger partial charge is 0.161 e. The topological polar surface area (TPSA) is 56.5 Å². The molecular weight excluding hydrogens is 204 g/mol. The van der Waals surface area contributed by atoms with Crippen molar-refractivity contribution in [1.82, 2.24) is 5.43 Å². The molecule has 1 aliphatic rings. The zero-order valence-corrected chi connectivity index (χ0v) is 8.90. The van der Waals surface area contributed by atoms with E-state index < -0.39 is 0 Å². The van der Waals surface area contributed by atoms with Gasteiger partial charge < -0.3 is 9.47 Å². The molecule has 4 heteroatoms. The van der Waals surface area contributed by atoms with Crippen LogP contribution < -0.4 is 20.7 Å². The van der Waals surface area contributed by atoms with Crippen LogP contribution in [0.5, 0.6) is 11.5 Å². The molecule has 0 bridgehead atoms. The first-order chi connectivity index (χ1) is 7.85. The Kier molecular flexibility index (Phi) is 3.30. The second-order valence-electron chi connectivity index (χ2n) is 3.53. The lowest BCUT2D eigenvalue weighted by molar-refractivity contribution is 0.171. The molecule has 1 aromatic carbocycles. The summed E-state index contributed by atoms with van der Waals surface area (Å²) < 4.78 is 10.9. The molecule has 0 saturated carbocycles. The minimum atomic E-state index is -0.0548. The van der Waals surface area contributed by atoms with Crippen molar-refractivity contribution in [1.29, 1.82) is 0 Å². The third kappa shape index (κ3) is 2.11. The highest BCUT2D eigenvalue weighted by Crippen LogP contribution is 2.32. The quantitative estimate of drug-likeness (QED) is 0.451. The maximum atomic E-state index is 5.49. The SMILES string of the molecule is C#CCC(NN)c1ccc2c(c1)OCCO2. The monoisotopic (exact) mass is 218 g/mol. The van der Waals surface area contributed by atoms with Crippen LogP contribution in [0.25, 0.3) is 0 Å². The molecule has 84 valence electrons. The third-order valence-corrected chi connectivity index (χ3v) is 2.49. The molecule has 2 rings (SSSR count). The number of nitrogens with one attached hydrogen (secondary N) is 1. The van der Waals surface area contributed by atoms with Crippen molar-refractivity contribution in [3.63, 3.8) is 0 Å². The fourth-order valence-corrected chi connectivity index (χ4v) is 1.67. The Labute approximate surface area is 94.7 Å². The molecule has 16 heavy (non-hydrogen) atoms. The van der Waals surface area contributed by atoms with Gasteiger partial charge in [0.1, 0.15) is 13.2 Å². The van der Waals surface area contributed by atoms with Gasteiger partial charge in [0.25, 0.3) is 0 Å². The van der Waals surface area contributed by atoms with E-state index in [0.717, 1.165) is 17.1 Å². The van der Waals surface area contributed by atoms with Crippen LogP contribution in [-0.4, -0.2) is 13.2 Å². The minimum Gasteiger partial charge on any atom is -0.486 e. The molecule has 1 aliphatic heterocycles. The maximum Gasteiger partial charge on any atom is 0.161 e. The Morgan fingerprint density at radius 3 is 2.81 bits per heavy atom. The van der Waals surface area contributed by atoms with Gasteiger partial charge in [0.2, 0.25) is 0 Å². The van der Waals surface area contributed by atoms with Crippen LogP contribution in [-0.2, 0) is 0 Å². The van der Waals surface area contributed by atoms with E-state index in [1.807, 2.05) is 18.2 Å². The molecule has 0 amide bonds. The lowest BCUT2D eigenvalue weighted by Gasteiger charge is -2.21. The van der Waals surface area contributed by atoms with Crippen LogP contribution in [0.2, 0.25) is 0 Å². The summed E-state index contributed by atoms with van der Waals surface area (Å²) >= 11 is 0. The van der Waals surface area contributed by atoms with Crippen molar-refractivity contribution < 1.29 is 9.47 Å². The van der Waals surface area contributed by atoms with Crippen LogP contribution >= 0.6 is 0 Å². The highest BCUT2D eigenvalue weighted by molar-refractivity contribution is 5.44. The molecular formula is C12H14N2O2. The molecule has 0 fully saturated rings. The van der Waals surface area contributed by atoms with Crippen molar-refractivity contribution >= 4 is 0 Å². The van der Waals surface area contributed by atoms with Gasteiger partial charge in [-0.3, -0.25) is 11.3 Å². The predicted octanol–water partition coefficient (Wildman–Crippen LogP) is 0.985. The van der Waals surface area contributed by atoms with Gasteiger partial charge in [-0.15, -0.1) is 12.3 Å². The summed E-state index contributed by atoms with van der Waals surface area (Å²) in [5.41, 5.74) is 3.69. The molecule has 1 atom stereocenters. The Hall–Kier alpha value is -1.70. The van der Waals surface area contributed by atoms with E-state index in [2.05, 4.69) is 11.3 Å². The van der Waals surface area contributed by atoms with Gasteiger partial charge >= 0.3 is 0 Å². The average Bonchev–Trinajstić information content (AvgIpc) is 2.35. The summed E-state index contributed by atoms with van der Waals surface area (Å²) in [4.78, 5) is 0. The van der Waals surface area contributed by atoms with Crippen molar-refractivity contribution in [2.24, 2.45) is 5.84 Å². The van der Waals surface area contributed by atoms with Crippen LogP contribution in [0.1, 0.15) is 18.0 Å². The number of rotatable bonds is 3. The van der Waals surface area contributed by atoms with E-state index in [1.54, 1.807) is 0 Å². The van der Waals surface area contributed by atoms with Gasteiger partial charge in [0.05, 0.1) is 6.04 Å². The van der Waals surface area contributed by atoms with Crippen molar-refractivity contribution in [3.8, 4) is 23.8 Å². The molecule has 1 heterocycles. The first kappa shape index (κ1) is 10.8. The first-order valence-electron chi connectivity index (χ1n) is 5.14. The van der Waals surface area contributed by atoms with Gasteiger partial charge in [0.15, 0.2) is 11.5 Å². The van der Waals surface area contributed by atoms with Crippen LogP contribution in [0.4, 0.5) is 0 Å². The Bertz CT molecular complexity index is 412. The summed E-state index contributed by atoms with van der Waals surface area (Å²) in [6.45, 7) is 1.17. The molecule has 0 spiro atoms. The fourth-order valence-electron chi connectivity index (χ4n) is 1.67. The second kappa shape index (κ2) is 4.88. The Morgan fingerprint density at radius 1 is 1.38 bits per heavy atom. The summed E-state index contributed by atoms with van der Waals surface area (Å²) in [5.74, 6) is 9.55. The van der Waals surface area contributed by atoms with Crippen LogP contribution in [0.3, 0.4) is 0 Å². The van der Waals surface area contributed by atoms with E-state index in [1.165, 1.54) is 0 Å². The van der Waals surface area contributed by atoms with E-state index in [-0.39, 0.29) is 6.04 Å². The number of hydrogen-bond acceptors (Lipinski definition) is 4. The number of benzene rings is 1. The average molecular weight is 218 g/mol. The largest absolute Gasteiger partial charge is 0.486 e. The number of terminal acetylenes is 1. The summed E-state index contributed by atoms with van der Waals surface area (Å²) in [5, 5.41) is 0. The number of hydrazine groups is 1. The van der Waals surface area contributed by atoms with Crippen molar-refractivity contribution in [2.45, 2.75) is 12.5 Å². The molecule has 4 nitrogen and oxygen atoms in total. The minimum absolute atomic E-state index is 0.0548. The van der Waals surface area contributed by atoms with Crippen LogP contribution in [0, 0.1) is 12.3 Å². The molecule has 3 N–H and O–H groups in total. The standard InChI is InChI=1S/C12H14N2O2/c1-2-3-10(14-13)9-4-5-11-12(8-9)16-7-6-15-11/h1,4-5,8,10,14H,3,6-7,13H2. The van der Waals surface area contributed by atoms with Crippen molar-refractivity contribution in [3.05, 3.63) is 23.8 Å². The van der Waals surface area contributed by atoms with Gasteiger partial charge in [-0.25, -0.2) is 0 Å². The number of hydrogen-bond donors (Lipinski definition) is 2. The summed E-state index contributed by atoms with van der Waals surface area (Å²) in [6.07, 6.45) is 5.82. The third-order valence-electron chi connectivity index (χ3n) is 2.49. The van der Waals surface area contributed by atoms with Gasteiger partial charge in [-0.05, 0) is 17.7 Å². The maximum absolute atomic E-state index is 5.49. The molecule has 0 saturated heterocycles. The van der Waals surface area contributed by atoms with Gasteiger partial charge in [-0.1, -0.05) is 6.07 Å². The zero-order valence-electron chi connectivity index (χ0n) is 8.90. The lowest BCUT2D eigenvalue weighted by Crippen LogP contribution is -2.27. The number of fused-ring (bicyclic) bond motifs is 1. The fraction of sp³-hybridized carbons (Fsp3) is 0.333. The zero-order chi connectivity index (χ0) is 11.4. The van der Waals surface area contributed by atoms with E-state index in [9.17, 15) is 0 Å². The molecule has 1 aromatic rings. The lowest BCUT2D eigenvalue weighted by atomic mass is 10.0. The molecule has 0 radical (unpaired) electrons. The van der Waals surface area contributed by atoms with E-state index >= 15 is 0 Å². The predicted molar refractivity (Wildman–Crippen MR) is 60.9 cm³/mol. The molecule has 1 unspecified atom stereocenters. The highest BCUT2D eigenvalue weighted by Gasteiger charge is 2.15. The first-order valence-corrected chi connectivity index (χ1v) is 5.14. The number of ether oxygens (including phenoxy) is 2. The van der Waals surface area contributed by atoms with Gasteiger partial charge in [0, 0.05) is 6.42 Å². The van der Waals surface area contributed by atoms with Gasteiger partial charge in [-0.2, -0.15) is 0 Å². The number of nitrogens with two attached hydrogens (primary N) is 1. The summed E-state index contributed by atoms with van der Waals surface area (Å²) in [6, 6.07) is 5.68. The van der Waals surface area contributed by atoms with Crippen molar-refractivity contribution in [2.75, 3.05) is 13.2 Å². The Morgan fingerprint density at radius 2 is 2.12 bits per heavy atom.